The van der Waals surface area contributed by atoms with Crippen LogP contribution in [0, 0.1) is 0 Å². The zero-order valence-electron chi connectivity index (χ0n) is 13.1. The Hall–Kier alpha value is -2.56. The summed E-state index contributed by atoms with van der Waals surface area (Å²) in [4.78, 5) is 16.0. The van der Waals surface area contributed by atoms with Gasteiger partial charge in [-0.3, -0.25) is 0 Å². The third-order valence-corrected chi connectivity index (χ3v) is 2.95. The Balaban J connectivity index is 2.36. The van der Waals surface area contributed by atoms with Gasteiger partial charge in [0.05, 0.1) is 26.0 Å². The van der Waals surface area contributed by atoms with E-state index in [1.165, 1.54) is 7.11 Å². The maximum absolute atomic E-state index is 11.7. The van der Waals surface area contributed by atoms with Crippen LogP contribution in [0.3, 0.4) is 0 Å². The van der Waals surface area contributed by atoms with Crippen LogP contribution in [-0.2, 0) is 4.74 Å². The van der Waals surface area contributed by atoms with Crippen molar-refractivity contribution in [2.24, 2.45) is 0 Å². The average Bonchev–Trinajstić information content (AvgIpc) is 2.53. The maximum Gasteiger partial charge on any atom is 0.356 e. The Kier molecular flexibility index (Phi) is 4.99. The van der Waals surface area contributed by atoms with Gasteiger partial charge in [0.1, 0.15) is 11.5 Å². The predicted octanol–water partition coefficient (Wildman–Crippen LogP) is 3.33. The van der Waals surface area contributed by atoms with Gasteiger partial charge in [0.15, 0.2) is 5.69 Å². The second-order valence-corrected chi connectivity index (χ2v) is 4.96. The number of rotatable bonds is 5. The van der Waals surface area contributed by atoms with Gasteiger partial charge in [-0.15, -0.1) is 0 Å². The smallest absolute Gasteiger partial charge is 0.356 e. The van der Waals surface area contributed by atoms with Crippen LogP contribution >= 0.6 is 0 Å². The highest BCUT2D eigenvalue weighted by Gasteiger charge is 2.12. The normalized spacial score (nSPS) is 10.4. The van der Waals surface area contributed by atoms with Crippen LogP contribution in [0.15, 0.2) is 36.4 Å². The second-order valence-electron chi connectivity index (χ2n) is 4.96. The molecule has 0 saturated heterocycles. The van der Waals surface area contributed by atoms with Gasteiger partial charge >= 0.3 is 5.97 Å². The Labute approximate surface area is 129 Å². The van der Waals surface area contributed by atoms with E-state index >= 15 is 0 Å². The fourth-order valence-electron chi connectivity index (χ4n) is 1.96. The van der Waals surface area contributed by atoms with Gasteiger partial charge < -0.3 is 14.2 Å². The minimum Gasteiger partial charge on any atom is -0.497 e. The fraction of sp³-hybridized carbons (Fsp3) is 0.294. The van der Waals surface area contributed by atoms with Gasteiger partial charge in [0, 0.05) is 17.7 Å². The molecule has 0 N–H and O–H groups in total. The highest BCUT2D eigenvalue weighted by Crippen LogP contribution is 2.25. The number of benzene rings is 1. The monoisotopic (exact) mass is 301 g/mol. The largest absolute Gasteiger partial charge is 0.497 e. The van der Waals surface area contributed by atoms with Crippen LogP contribution in [0.4, 0.5) is 0 Å². The molecule has 1 aromatic carbocycles. The van der Waals surface area contributed by atoms with E-state index in [1.807, 2.05) is 38.1 Å². The van der Waals surface area contributed by atoms with Gasteiger partial charge in [-0.1, -0.05) is 0 Å². The molecule has 2 aromatic rings. The maximum atomic E-state index is 11.7. The quantitative estimate of drug-likeness (QED) is 0.793. The molecule has 22 heavy (non-hydrogen) atoms. The third-order valence-electron chi connectivity index (χ3n) is 2.95. The molecule has 0 atom stereocenters. The van der Waals surface area contributed by atoms with Crippen LogP contribution in [0.2, 0.25) is 0 Å². The SMILES string of the molecule is COC(=O)c1cc(OC)cc(-c2ccc(OC(C)C)cc2)n1. The molecule has 116 valence electrons. The molecule has 2 rings (SSSR count). The topological polar surface area (TPSA) is 57.7 Å². The molecular weight excluding hydrogens is 282 g/mol. The fourth-order valence-corrected chi connectivity index (χ4v) is 1.96. The lowest BCUT2D eigenvalue weighted by Gasteiger charge is -2.11. The second kappa shape index (κ2) is 6.93. The average molecular weight is 301 g/mol. The number of esters is 1. The van der Waals surface area contributed by atoms with Crippen molar-refractivity contribution in [3.05, 3.63) is 42.1 Å². The van der Waals surface area contributed by atoms with E-state index in [0.29, 0.717) is 11.4 Å². The molecule has 0 spiro atoms. The number of carbonyl (C=O) groups is 1. The van der Waals surface area contributed by atoms with Crippen molar-refractivity contribution in [3.8, 4) is 22.8 Å². The summed E-state index contributed by atoms with van der Waals surface area (Å²) in [5.41, 5.74) is 1.70. The summed E-state index contributed by atoms with van der Waals surface area (Å²) in [7, 11) is 2.86. The van der Waals surface area contributed by atoms with Gasteiger partial charge in [-0.25, -0.2) is 9.78 Å². The van der Waals surface area contributed by atoms with Crippen molar-refractivity contribution in [2.75, 3.05) is 14.2 Å². The van der Waals surface area contributed by atoms with E-state index in [0.717, 1.165) is 11.3 Å². The van der Waals surface area contributed by atoms with E-state index in [9.17, 15) is 4.79 Å². The zero-order valence-corrected chi connectivity index (χ0v) is 13.1. The molecular formula is C17H19NO4. The number of methoxy groups -OCH3 is 2. The summed E-state index contributed by atoms with van der Waals surface area (Å²) < 4.78 is 15.5. The molecule has 0 radical (unpaired) electrons. The summed E-state index contributed by atoms with van der Waals surface area (Å²) in [5.74, 6) is 0.836. The van der Waals surface area contributed by atoms with Gasteiger partial charge in [-0.05, 0) is 38.1 Å². The zero-order chi connectivity index (χ0) is 16.1. The molecule has 0 aliphatic rings. The van der Waals surface area contributed by atoms with Crippen molar-refractivity contribution in [2.45, 2.75) is 20.0 Å². The van der Waals surface area contributed by atoms with Gasteiger partial charge in [-0.2, -0.15) is 0 Å². The Morgan fingerprint density at radius 3 is 2.27 bits per heavy atom. The minimum atomic E-state index is -0.500. The van der Waals surface area contributed by atoms with Crippen molar-refractivity contribution in [3.63, 3.8) is 0 Å². The number of hydrogen-bond acceptors (Lipinski definition) is 5. The molecule has 0 bridgehead atoms. The number of aromatic nitrogens is 1. The van der Waals surface area contributed by atoms with E-state index in [1.54, 1.807) is 19.2 Å². The van der Waals surface area contributed by atoms with Crippen molar-refractivity contribution < 1.29 is 19.0 Å². The number of hydrogen-bond donors (Lipinski definition) is 0. The molecule has 0 amide bonds. The van der Waals surface area contributed by atoms with E-state index in [4.69, 9.17) is 14.2 Å². The minimum absolute atomic E-state index is 0.117. The lowest BCUT2D eigenvalue weighted by molar-refractivity contribution is 0.0593. The van der Waals surface area contributed by atoms with Gasteiger partial charge in [0.2, 0.25) is 0 Å². The van der Waals surface area contributed by atoms with Crippen LogP contribution in [-0.4, -0.2) is 31.3 Å². The lowest BCUT2D eigenvalue weighted by atomic mass is 10.1. The number of carbonyl (C=O) groups excluding carboxylic acids is 1. The molecule has 0 aliphatic heterocycles. The summed E-state index contributed by atoms with van der Waals surface area (Å²) in [5, 5.41) is 0. The van der Waals surface area contributed by atoms with Crippen LogP contribution in [0.5, 0.6) is 11.5 Å². The van der Waals surface area contributed by atoms with E-state index < -0.39 is 5.97 Å². The summed E-state index contributed by atoms with van der Waals surface area (Å²) in [6.07, 6.45) is 0.117. The summed E-state index contributed by atoms with van der Waals surface area (Å²) in [6, 6.07) is 10.8. The molecule has 1 heterocycles. The van der Waals surface area contributed by atoms with Crippen molar-refractivity contribution >= 4 is 5.97 Å². The number of ether oxygens (including phenoxy) is 3. The molecule has 5 heteroatoms. The standard InChI is InChI=1S/C17H19NO4/c1-11(2)22-13-7-5-12(6-8-13)15-9-14(20-3)10-16(18-15)17(19)21-4/h5-11H,1-4H3. The number of pyridine rings is 1. The number of nitrogens with zero attached hydrogens (tertiary/aromatic N) is 1. The van der Waals surface area contributed by atoms with Crippen LogP contribution in [0.25, 0.3) is 11.3 Å². The van der Waals surface area contributed by atoms with E-state index in [2.05, 4.69) is 4.98 Å². The predicted molar refractivity (Wildman–Crippen MR) is 83.3 cm³/mol. The third kappa shape index (κ3) is 3.75. The first-order chi connectivity index (χ1) is 10.5. The molecule has 0 fully saturated rings. The molecule has 0 aliphatic carbocycles. The van der Waals surface area contributed by atoms with E-state index in [-0.39, 0.29) is 11.8 Å². The first-order valence-electron chi connectivity index (χ1n) is 6.95. The summed E-state index contributed by atoms with van der Waals surface area (Å²) >= 11 is 0. The Bertz CT molecular complexity index is 650. The molecule has 0 saturated carbocycles. The van der Waals surface area contributed by atoms with Gasteiger partial charge in [0.25, 0.3) is 0 Å². The Morgan fingerprint density at radius 1 is 1.05 bits per heavy atom. The Morgan fingerprint density at radius 2 is 1.73 bits per heavy atom. The van der Waals surface area contributed by atoms with Crippen LogP contribution in [0.1, 0.15) is 24.3 Å². The molecule has 5 nitrogen and oxygen atoms in total. The van der Waals surface area contributed by atoms with Crippen molar-refractivity contribution in [1.82, 2.24) is 4.98 Å². The molecule has 1 aromatic heterocycles. The van der Waals surface area contributed by atoms with Crippen LogP contribution < -0.4 is 9.47 Å². The lowest BCUT2D eigenvalue weighted by Crippen LogP contribution is -2.06. The highest BCUT2D eigenvalue weighted by atomic mass is 16.5. The molecule has 0 unspecified atom stereocenters. The first-order valence-corrected chi connectivity index (χ1v) is 6.95. The van der Waals surface area contributed by atoms with Crippen molar-refractivity contribution in [1.29, 1.82) is 0 Å². The highest BCUT2D eigenvalue weighted by molar-refractivity contribution is 5.88. The first kappa shape index (κ1) is 15.8. The summed E-state index contributed by atoms with van der Waals surface area (Å²) in [6.45, 7) is 3.94.